The highest BCUT2D eigenvalue weighted by atomic mass is 35.5. The van der Waals surface area contributed by atoms with Gasteiger partial charge in [0.2, 0.25) is 0 Å². The molecule has 1 aromatic rings. The van der Waals surface area contributed by atoms with Crippen LogP contribution in [0.2, 0.25) is 10.0 Å². The van der Waals surface area contributed by atoms with Gasteiger partial charge in [-0.05, 0) is 17.7 Å². The molecule has 0 aliphatic carbocycles. The van der Waals surface area contributed by atoms with Crippen molar-refractivity contribution in [2.75, 3.05) is 0 Å². The van der Waals surface area contributed by atoms with E-state index in [1.165, 1.54) is 6.07 Å². The van der Waals surface area contributed by atoms with Gasteiger partial charge in [-0.1, -0.05) is 29.3 Å². The van der Waals surface area contributed by atoms with Crippen LogP contribution >= 0.6 is 31.0 Å². The van der Waals surface area contributed by atoms with Gasteiger partial charge in [-0.25, -0.2) is 4.57 Å². The van der Waals surface area contributed by atoms with E-state index >= 15 is 0 Å². The molecule has 0 spiro atoms. The van der Waals surface area contributed by atoms with Gasteiger partial charge in [0, 0.05) is 10.0 Å². The van der Waals surface area contributed by atoms with E-state index in [4.69, 9.17) is 33.0 Å². The van der Waals surface area contributed by atoms with Crippen molar-refractivity contribution in [2.45, 2.75) is 6.61 Å². The van der Waals surface area contributed by atoms with Crippen LogP contribution in [0.15, 0.2) is 18.2 Å². The minimum atomic E-state index is -4.45. The molecule has 0 aromatic heterocycles. The van der Waals surface area contributed by atoms with Crippen LogP contribution in [-0.4, -0.2) is 9.79 Å². The van der Waals surface area contributed by atoms with Gasteiger partial charge in [-0.15, -0.1) is 0 Å². The lowest BCUT2D eigenvalue weighted by Crippen LogP contribution is -1.91. The van der Waals surface area contributed by atoms with Crippen LogP contribution in [0.25, 0.3) is 0 Å². The van der Waals surface area contributed by atoms with Crippen LogP contribution in [0.1, 0.15) is 5.56 Å². The molecule has 0 unspecified atom stereocenters. The first-order chi connectivity index (χ1) is 6.38. The Morgan fingerprint density at radius 3 is 2.50 bits per heavy atom. The zero-order valence-electron chi connectivity index (χ0n) is 6.85. The molecule has 1 aromatic carbocycles. The first-order valence-corrected chi connectivity index (χ1v) is 5.81. The number of hydrogen-bond acceptors (Lipinski definition) is 2. The molecule has 0 saturated carbocycles. The summed E-state index contributed by atoms with van der Waals surface area (Å²) in [4.78, 5) is 16.9. The Kier molecular flexibility index (Phi) is 3.95. The molecule has 0 heterocycles. The topological polar surface area (TPSA) is 66.8 Å². The maximum Gasteiger partial charge on any atom is 0.469 e. The predicted octanol–water partition coefficient (Wildman–Crippen LogP) is 2.60. The molecule has 14 heavy (non-hydrogen) atoms. The summed E-state index contributed by atoms with van der Waals surface area (Å²) < 4.78 is 14.7. The summed E-state index contributed by atoms with van der Waals surface area (Å²) >= 11 is 11.4. The van der Waals surface area contributed by atoms with Gasteiger partial charge < -0.3 is 9.79 Å². The molecular weight excluding hydrogens is 250 g/mol. The molecule has 0 aliphatic rings. The average Bonchev–Trinajstić information content (AvgIpc) is 2.00. The predicted molar refractivity (Wildman–Crippen MR) is 53.3 cm³/mol. The largest absolute Gasteiger partial charge is 0.469 e. The summed E-state index contributed by atoms with van der Waals surface area (Å²) in [5, 5.41) is 0.765. The Balaban J connectivity index is 2.73. The molecule has 78 valence electrons. The Bertz CT molecular complexity index is 376. The van der Waals surface area contributed by atoms with E-state index in [0.29, 0.717) is 15.6 Å². The van der Waals surface area contributed by atoms with Crippen molar-refractivity contribution >= 4 is 31.0 Å². The lowest BCUT2D eigenvalue weighted by Gasteiger charge is -2.06. The standard InChI is InChI=1S/C7H7Cl2O4P/c8-6-2-1-5(7(9)3-6)4-13-14(10,11)12/h1-3H,4H2,(H2,10,11,12). The van der Waals surface area contributed by atoms with Gasteiger partial charge in [-0.3, -0.25) is 4.52 Å². The molecule has 1 rings (SSSR count). The summed E-state index contributed by atoms with van der Waals surface area (Å²) in [5.74, 6) is 0. The van der Waals surface area contributed by atoms with Crippen molar-refractivity contribution in [1.29, 1.82) is 0 Å². The van der Waals surface area contributed by atoms with Crippen molar-refractivity contribution in [3.8, 4) is 0 Å². The molecular formula is C7H7Cl2O4P. The molecule has 4 nitrogen and oxygen atoms in total. The molecule has 7 heteroatoms. The maximum absolute atomic E-state index is 10.4. The van der Waals surface area contributed by atoms with Crippen molar-refractivity contribution in [1.82, 2.24) is 0 Å². The molecule has 0 amide bonds. The Morgan fingerprint density at radius 2 is 2.00 bits per heavy atom. The molecule has 2 N–H and O–H groups in total. The molecule has 0 bridgehead atoms. The van der Waals surface area contributed by atoms with E-state index < -0.39 is 7.82 Å². The second kappa shape index (κ2) is 4.62. The number of benzene rings is 1. The molecule has 0 aliphatic heterocycles. The summed E-state index contributed by atoms with van der Waals surface area (Å²) in [6, 6.07) is 4.58. The van der Waals surface area contributed by atoms with Gasteiger partial charge >= 0.3 is 7.82 Å². The average molecular weight is 257 g/mol. The van der Waals surface area contributed by atoms with Crippen molar-refractivity contribution < 1.29 is 18.9 Å². The Morgan fingerprint density at radius 1 is 1.36 bits per heavy atom. The van der Waals surface area contributed by atoms with Crippen LogP contribution < -0.4 is 0 Å². The number of halogens is 2. The summed E-state index contributed by atoms with van der Waals surface area (Å²) in [6.45, 7) is -0.250. The minimum Gasteiger partial charge on any atom is -0.303 e. The third kappa shape index (κ3) is 3.96. The highest BCUT2D eigenvalue weighted by Gasteiger charge is 2.14. The number of rotatable bonds is 3. The third-order valence-electron chi connectivity index (χ3n) is 1.40. The second-order valence-electron chi connectivity index (χ2n) is 2.50. The van der Waals surface area contributed by atoms with Crippen LogP contribution in [0.5, 0.6) is 0 Å². The van der Waals surface area contributed by atoms with E-state index in [2.05, 4.69) is 4.52 Å². The van der Waals surface area contributed by atoms with E-state index in [0.717, 1.165) is 0 Å². The fourth-order valence-corrected chi connectivity index (χ4v) is 1.56. The number of phosphoric acid groups is 1. The van der Waals surface area contributed by atoms with Gasteiger partial charge in [0.15, 0.2) is 0 Å². The monoisotopic (exact) mass is 256 g/mol. The van der Waals surface area contributed by atoms with E-state index in [1.807, 2.05) is 0 Å². The normalized spacial score (nSPS) is 11.7. The number of phosphoric ester groups is 1. The van der Waals surface area contributed by atoms with Crippen LogP contribution in [0, 0.1) is 0 Å². The Labute approximate surface area is 90.7 Å². The summed E-state index contributed by atoms with van der Waals surface area (Å²) in [7, 11) is -4.45. The molecule has 0 fully saturated rings. The lowest BCUT2D eigenvalue weighted by molar-refractivity contribution is 0.189. The van der Waals surface area contributed by atoms with E-state index in [9.17, 15) is 4.57 Å². The number of hydrogen-bond donors (Lipinski definition) is 2. The van der Waals surface area contributed by atoms with E-state index in [1.54, 1.807) is 12.1 Å². The van der Waals surface area contributed by atoms with Crippen LogP contribution in [0.4, 0.5) is 0 Å². The highest BCUT2D eigenvalue weighted by molar-refractivity contribution is 7.46. The lowest BCUT2D eigenvalue weighted by atomic mass is 10.2. The zero-order chi connectivity index (χ0) is 10.8. The SMILES string of the molecule is O=P(O)(O)OCc1ccc(Cl)cc1Cl. The summed E-state index contributed by atoms with van der Waals surface area (Å²) in [5.41, 5.74) is 0.472. The van der Waals surface area contributed by atoms with Crippen molar-refractivity contribution in [3.05, 3.63) is 33.8 Å². The van der Waals surface area contributed by atoms with Crippen molar-refractivity contribution in [3.63, 3.8) is 0 Å². The Hall–Kier alpha value is -0.0900. The highest BCUT2D eigenvalue weighted by Crippen LogP contribution is 2.37. The van der Waals surface area contributed by atoms with Crippen LogP contribution in [0.3, 0.4) is 0 Å². The third-order valence-corrected chi connectivity index (χ3v) is 2.46. The van der Waals surface area contributed by atoms with Gasteiger partial charge in [-0.2, -0.15) is 0 Å². The van der Waals surface area contributed by atoms with Crippen LogP contribution in [-0.2, 0) is 15.7 Å². The molecule has 0 saturated heterocycles. The fraction of sp³-hybridized carbons (Fsp3) is 0.143. The van der Waals surface area contributed by atoms with Gasteiger partial charge in [0.1, 0.15) is 0 Å². The van der Waals surface area contributed by atoms with Gasteiger partial charge in [0.05, 0.1) is 6.61 Å². The summed E-state index contributed by atoms with van der Waals surface area (Å²) in [6.07, 6.45) is 0. The fourth-order valence-electron chi connectivity index (χ4n) is 0.792. The quantitative estimate of drug-likeness (QED) is 0.816. The first kappa shape index (κ1) is 12.0. The van der Waals surface area contributed by atoms with Crippen molar-refractivity contribution in [2.24, 2.45) is 0 Å². The maximum atomic E-state index is 10.4. The smallest absolute Gasteiger partial charge is 0.303 e. The molecule has 0 atom stereocenters. The van der Waals surface area contributed by atoms with E-state index in [-0.39, 0.29) is 6.61 Å². The second-order valence-corrected chi connectivity index (χ2v) is 4.58. The molecule has 0 radical (unpaired) electrons. The minimum absolute atomic E-state index is 0.250. The first-order valence-electron chi connectivity index (χ1n) is 3.52. The zero-order valence-corrected chi connectivity index (χ0v) is 9.26. The van der Waals surface area contributed by atoms with Gasteiger partial charge in [0.25, 0.3) is 0 Å².